The molecule has 25 heavy (non-hydrogen) atoms. The fourth-order valence-electron chi connectivity index (χ4n) is 2.12. The molecular formula is C17H18F3NO3S. The molecule has 0 spiro atoms. The molecule has 0 bridgehead atoms. The van der Waals surface area contributed by atoms with E-state index in [4.69, 9.17) is 4.74 Å². The Bertz CT molecular complexity index is 704. The highest BCUT2D eigenvalue weighted by Crippen LogP contribution is 2.31. The van der Waals surface area contributed by atoms with Crippen LogP contribution in [0.5, 0.6) is 11.5 Å². The third-order valence-electron chi connectivity index (χ3n) is 3.30. The van der Waals surface area contributed by atoms with Crippen LogP contribution in [0, 0.1) is 12.7 Å². The van der Waals surface area contributed by atoms with Crippen LogP contribution in [0.25, 0.3) is 0 Å². The maximum atomic E-state index is 12.8. The normalized spacial score (nSPS) is 10.8. The molecule has 0 fully saturated rings. The van der Waals surface area contributed by atoms with E-state index in [-0.39, 0.29) is 22.4 Å². The molecule has 0 aliphatic rings. The summed E-state index contributed by atoms with van der Waals surface area (Å²) in [6.07, 6.45) is 0.537. The molecule has 0 saturated heterocycles. The van der Waals surface area contributed by atoms with Gasteiger partial charge in [-0.1, -0.05) is 0 Å². The number of alkyl halides is 2. The van der Waals surface area contributed by atoms with Gasteiger partial charge in [0.2, 0.25) is 0 Å². The van der Waals surface area contributed by atoms with Crippen molar-refractivity contribution in [2.24, 2.45) is 0 Å². The first-order valence-corrected chi connectivity index (χ1v) is 8.37. The van der Waals surface area contributed by atoms with Crippen molar-refractivity contribution in [2.75, 3.05) is 20.2 Å². The van der Waals surface area contributed by atoms with Crippen LogP contribution in [0.4, 0.5) is 13.2 Å². The van der Waals surface area contributed by atoms with Gasteiger partial charge in [0.05, 0.1) is 6.61 Å². The molecule has 1 aromatic heterocycles. The van der Waals surface area contributed by atoms with E-state index in [2.05, 4.69) is 4.74 Å². The lowest BCUT2D eigenvalue weighted by atomic mass is 10.3. The second-order valence-corrected chi connectivity index (χ2v) is 6.57. The molecule has 1 heterocycles. The SMILES string of the molecule is Cc1cc(OC(F)F)c(C(=O)N(C)CCCOc2ccc(F)cc2)s1. The van der Waals surface area contributed by atoms with Gasteiger partial charge in [0.15, 0.2) is 0 Å². The summed E-state index contributed by atoms with van der Waals surface area (Å²) < 4.78 is 47.5. The highest BCUT2D eigenvalue weighted by molar-refractivity contribution is 7.14. The van der Waals surface area contributed by atoms with E-state index >= 15 is 0 Å². The number of rotatable bonds is 8. The fourth-order valence-corrected chi connectivity index (χ4v) is 3.06. The highest BCUT2D eigenvalue weighted by atomic mass is 32.1. The summed E-state index contributed by atoms with van der Waals surface area (Å²) in [7, 11) is 1.58. The predicted molar refractivity (Wildman–Crippen MR) is 89.2 cm³/mol. The van der Waals surface area contributed by atoms with Crippen molar-refractivity contribution in [1.29, 1.82) is 0 Å². The smallest absolute Gasteiger partial charge is 0.387 e. The van der Waals surface area contributed by atoms with Crippen molar-refractivity contribution in [1.82, 2.24) is 4.90 Å². The Balaban J connectivity index is 1.85. The zero-order chi connectivity index (χ0) is 18.4. The van der Waals surface area contributed by atoms with E-state index in [9.17, 15) is 18.0 Å². The van der Waals surface area contributed by atoms with Gasteiger partial charge in [0, 0.05) is 18.5 Å². The van der Waals surface area contributed by atoms with E-state index in [0.717, 1.165) is 11.3 Å². The van der Waals surface area contributed by atoms with E-state index in [1.54, 1.807) is 14.0 Å². The number of carbonyl (C=O) groups is 1. The first-order chi connectivity index (χ1) is 11.9. The molecule has 1 amide bonds. The van der Waals surface area contributed by atoms with E-state index in [1.165, 1.54) is 35.2 Å². The molecular weight excluding hydrogens is 355 g/mol. The second-order valence-electron chi connectivity index (χ2n) is 5.31. The third-order valence-corrected chi connectivity index (χ3v) is 4.32. The lowest BCUT2D eigenvalue weighted by Gasteiger charge is -2.17. The Hall–Kier alpha value is -2.22. The van der Waals surface area contributed by atoms with Crippen molar-refractivity contribution >= 4 is 17.2 Å². The average Bonchev–Trinajstić information content (AvgIpc) is 2.91. The number of hydrogen-bond donors (Lipinski definition) is 0. The molecule has 0 N–H and O–H groups in total. The van der Waals surface area contributed by atoms with Crippen molar-refractivity contribution in [3.63, 3.8) is 0 Å². The van der Waals surface area contributed by atoms with Crippen molar-refractivity contribution in [3.8, 4) is 11.5 Å². The second kappa shape index (κ2) is 8.75. The molecule has 0 unspecified atom stereocenters. The largest absolute Gasteiger partial charge is 0.494 e. The number of hydrogen-bond acceptors (Lipinski definition) is 4. The number of benzene rings is 1. The Morgan fingerprint density at radius 1 is 1.28 bits per heavy atom. The highest BCUT2D eigenvalue weighted by Gasteiger charge is 2.22. The van der Waals surface area contributed by atoms with Gasteiger partial charge in [-0.05, 0) is 43.7 Å². The minimum atomic E-state index is -2.98. The Labute approximate surface area is 147 Å². The van der Waals surface area contributed by atoms with Gasteiger partial charge >= 0.3 is 6.61 Å². The quantitative estimate of drug-likeness (QED) is 0.646. The van der Waals surface area contributed by atoms with Crippen LogP contribution in [-0.2, 0) is 0 Å². The van der Waals surface area contributed by atoms with Gasteiger partial charge in [0.1, 0.15) is 22.2 Å². The fraction of sp³-hybridized carbons (Fsp3) is 0.353. The molecule has 2 aromatic rings. The van der Waals surface area contributed by atoms with Crippen molar-refractivity contribution in [2.45, 2.75) is 20.0 Å². The van der Waals surface area contributed by atoms with Gasteiger partial charge < -0.3 is 14.4 Å². The zero-order valence-corrected chi connectivity index (χ0v) is 14.6. The Morgan fingerprint density at radius 2 is 1.96 bits per heavy atom. The zero-order valence-electron chi connectivity index (χ0n) is 13.8. The molecule has 0 aliphatic heterocycles. The van der Waals surface area contributed by atoms with Crippen LogP contribution in [0.3, 0.4) is 0 Å². The van der Waals surface area contributed by atoms with E-state index < -0.39 is 6.61 Å². The number of thiophene rings is 1. The monoisotopic (exact) mass is 373 g/mol. The summed E-state index contributed by atoms with van der Waals surface area (Å²) in [5.74, 6) is -0.282. The van der Waals surface area contributed by atoms with E-state index in [0.29, 0.717) is 30.2 Å². The van der Waals surface area contributed by atoms with Crippen LogP contribution < -0.4 is 9.47 Å². The number of amides is 1. The van der Waals surface area contributed by atoms with Crippen molar-refractivity contribution in [3.05, 3.63) is 45.9 Å². The van der Waals surface area contributed by atoms with Crippen LogP contribution in [0.1, 0.15) is 21.0 Å². The lowest BCUT2D eigenvalue weighted by Crippen LogP contribution is -2.28. The molecule has 0 radical (unpaired) electrons. The molecule has 136 valence electrons. The summed E-state index contributed by atoms with van der Waals surface area (Å²) in [4.78, 5) is 14.7. The predicted octanol–water partition coefficient (Wildman–Crippen LogP) is 4.34. The first kappa shape index (κ1) is 19.1. The van der Waals surface area contributed by atoms with Crippen LogP contribution in [-0.4, -0.2) is 37.6 Å². The first-order valence-electron chi connectivity index (χ1n) is 7.56. The van der Waals surface area contributed by atoms with Gasteiger partial charge in [0.25, 0.3) is 5.91 Å². The van der Waals surface area contributed by atoms with Gasteiger partial charge in [-0.15, -0.1) is 11.3 Å². The average molecular weight is 373 g/mol. The van der Waals surface area contributed by atoms with Gasteiger partial charge in [-0.25, -0.2) is 4.39 Å². The van der Waals surface area contributed by atoms with Crippen LogP contribution in [0.15, 0.2) is 30.3 Å². The van der Waals surface area contributed by atoms with Crippen LogP contribution >= 0.6 is 11.3 Å². The van der Waals surface area contributed by atoms with Gasteiger partial charge in [-0.3, -0.25) is 4.79 Å². The minimum Gasteiger partial charge on any atom is -0.494 e. The molecule has 0 saturated carbocycles. The van der Waals surface area contributed by atoms with Crippen molar-refractivity contribution < 1.29 is 27.4 Å². The topological polar surface area (TPSA) is 38.8 Å². The number of carbonyl (C=O) groups excluding carboxylic acids is 1. The number of aryl methyl sites for hydroxylation is 1. The molecule has 0 atom stereocenters. The minimum absolute atomic E-state index is 0.100. The molecule has 1 aromatic carbocycles. The number of ether oxygens (including phenoxy) is 2. The lowest BCUT2D eigenvalue weighted by molar-refractivity contribution is -0.0499. The van der Waals surface area contributed by atoms with Crippen LogP contribution in [0.2, 0.25) is 0 Å². The summed E-state index contributed by atoms with van der Waals surface area (Å²) in [5.41, 5.74) is 0. The molecule has 0 aliphatic carbocycles. The maximum Gasteiger partial charge on any atom is 0.387 e. The summed E-state index contributed by atoms with van der Waals surface area (Å²) in [5, 5.41) is 0. The number of halogens is 3. The summed E-state index contributed by atoms with van der Waals surface area (Å²) in [6.45, 7) is -0.538. The molecule has 2 rings (SSSR count). The Kier molecular flexibility index (Phi) is 6.69. The molecule has 8 heteroatoms. The van der Waals surface area contributed by atoms with Gasteiger partial charge in [-0.2, -0.15) is 8.78 Å². The summed E-state index contributed by atoms with van der Waals surface area (Å²) in [6, 6.07) is 7.07. The van der Waals surface area contributed by atoms with E-state index in [1.807, 2.05) is 0 Å². The third kappa shape index (κ3) is 5.67. The number of nitrogens with zero attached hydrogens (tertiary/aromatic N) is 1. The standard InChI is InChI=1S/C17H18F3NO3S/c1-11-10-14(24-17(19)20)15(25-11)16(22)21(2)8-3-9-23-13-6-4-12(18)5-7-13/h4-7,10,17H,3,8-9H2,1-2H3. The summed E-state index contributed by atoms with van der Waals surface area (Å²) >= 11 is 1.11. The Morgan fingerprint density at radius 3 is 2.60 bits per heavy atom. The molecule has 4 nitrogen and oxygen atoms in total. The maximum absolute atomic E-state index is 12.8.